The van der Waals surface area contributed by atoms with Crippen LogP contribution in [0, 0.1) is 13.8 Å². The Hall–Kier alpha value is -4.16. The van der Waals surface area contributed by atoms with Crippen LogP contribution in [0.1, 0.15) is 27.3 Å². The number of alkyl halides is 3. The van der Waals surface area contributed by atoms with Gasteiger partial charge in [-0.2, -0.15) is 18.2 Å². The molecule has 1 fully saturated rings. The molecule has 4 heterocycles. The molecule has 1 aliphatic rings. The largest absolute Gasteiger partial charge is 0.433 e. The molecule has 1 aromatic carbocycles. The number of morpholine rings is 1. The van der Waals surface area contributed by atoms with Crippen LogP contribution in [-0.2, 0) is 10.9 Å². The Balaban J connectivity index is 1.33. The number of rotatable bonds is 7. The third-order valence-electron chi connectivity index (χ3n) is 6.67. The summed E-state index contributed by atoms with van der Waals surface area (Å²) in [6.45, 7) is 8.71. The minimum Gasteiger partial charge on any atom is -0.379 e. The Labute approximate surface area is 228 Å². The zero-order valence-electron chi connectivity index (χ0n) is 22.0. The minimum atomic E-state index is -4.64. The molecule has 0 unspecified atom stereocenters. The number of aryl methyl sites for hydroxylation is 2. The fourth-order valence-corrected chi connectivity index (χ4v) is 4.48. The highest BCUT2D eigenvalue weighted by Gasteiger charge is 2.33. The molecule has 2 N–H and O–H groups in total. The van der Waals surface area contributed by atoms with Crippen molar-refractivity contribution in [3.05, 3.63) is 71.3 Å². The lowest BCUT2D eigenvalue weighted by Crippen LogP contribution is -2.39. The number of aromatic nitrogens is 4. The summed E-state index contributed by atoms with van der Waals surface area (Å²) in [5, 5.41) is 6.70. The second kappa shape index (κ2) is 11.5. The van der Waals surface area contributed by atoms with E-state index in [-0.39, 0.29) is 5.56 Å². The summed E-state index contributed by atoms with van der Waals surface area (Å²) in [4.78, 5) is 32.1. The van der Waals surface area contributed by atoms with Crippen LogP contribution >= 0.6 is 0 Å². The number of nitrogens with one attached hydrogen (secondary N) is 2. The van der Waals surface area contributed by atoms with Gasteiger partial charge in [0.15, 0.2) is 5.65 Å². The Morgan fingerprint density at radius 2 is 1.82 bits per heavy atom. The molecule has 0 radical (unpaired) electrons. The second-order valence-corrected chi connectivity index (χ2v) is 9.52. The van der Waals surface area contributed by atoms with E-state index in [1.807, 2.05) is 26.0 Å². The number of anilines is 2. The van der Waals surface area contributed by atoms with Crippen LogP contribution < -0.4 is 10.6 Å². The summed E-state index contributed by atoms with van der Waals surface area (Å²) in [5.41, 5.74) is 3.06. The first kappa shape index (κ1) is 27.4. The van der Waals surface area contributed by atoms with Crippen LogP contribution in [0.2, 0.25) is 0 Å². The highest BCUT2D eigenvalue weighted by Crippen LogP contribution is 2.31. The summed E-state index contributed by atoms with van der Waals surface area (Å²) in [5.74, 6) is -0.163. The lowest BCUT2D eigenvalue weighted by Gasteiger charge is -2.26. The number of hydrogen-bond acceptors (Lipinski definition) is 8. The first-order valence-electron chi connectivity index (χ1n) is 12.8. The molecule has 0 saturated carbocycles. The van der Waals surface area contributed by atoms with E-state index in [1.165, 1.54) is 6.07 Å². The second-order valence-electron chi connectivity index (χ2n) is 9.52. The zero-order chi connectivity index (χ0) is 28.3. The zero-order valence-corrected chi connectivity index (χ0v) is 22.0. The monoisotopic (exact) mass is 551 g/mol. The van der Waals surface area contributed by atoms with Gasteiger partial charge in [0.2, 0.25) is 5.95 Å². The molecule has 1 amide bonds. The fourth-order valence-electron chi connectivity index (χ4n) is 4.48. The molecular formula is C28H28F3N7O2. The van der Waals surface area contributed by atoms with Crippen LogP contribution in [0.3, 0.4) is 0 Å². The summed E-state index contributed by atoms with van der Waals surface area (Å²) >= 11 is 0. The number of fused-ring (bicyclic) bond motifs is 1. The molecule has 208 valence electrons. The van der Waals surface area contributed by atoms with Gasteiger partial charge in [-0.05, 0) is 55.3 Å². The Kier molecular flexibility index (Phi) is 7.90. The van der Waals surface area contributed by atoms with Gasteiger partial charge in [0.1, 0.15) is 5.69 Å². The van der Waals surface area contributed by atoms with Gasteiger partial charge in [-0.15, -0.1) is 0 Å². The van der Waals surface area contributed by atoms with Gasteiger partial charge in [0.05, 0.1) is 13.2 Å². The summed E-state index contributed by atoms with van der Waals surface area (Å²) in [6, 6.07) is 9.22. The quantitative estimate of drug-likeness (QED) is 0.340. The molecule has 0 aliphatic carbocycles. The van der Waals surface area contributed by atoms with Gasteiger partial charge in [-0.1, -0.05) is 6.07 Å². The molecule has 3 aromatic heterocycles. The highest BCUT2D eigenvalue weighted by atomic mass is 19.4. The maximum atomic E-state index is 13.0. The molecule has 40 heavy (non-hydrogen) atoms. The summed E-state index contributed by atoms with van der Waals surface area (Å²) < 4.78 is 44.4. The number of ether oxygens (including phenoxy) is 1. The lowest BCUT2D eigenvalue weighted by molar-refractivity contribution is -0.141. The molecule has 5 rings (SSSR count). The number of amides is 1. The predicted molar refractivity (Wildman–Crippen MR) is 145 cm³/mol. The van der Waals surface area contributed by atoms with Gasteiger partial charge >= 0.3 is 6.18 Å². The van der Waals surface area contributed by atoms with Gasteiger partial charge < -0.3 is 15.4 Å². The molecule has 1 aliphatic heterocycles. The first-order chi connectivity index (χ1) is 19.2. The number of hydrogen-bond donors (Lipinski definition) is 2. The average Bonchev–Trinajstić information content (AvgIpc) is 2.94. The number of carbonyl (C=O) groups is 1. The number of carbonyl (C=O) groups excluding carboxylic acids is 1. The van der Waals surface area contributed by atoms with E-state index in [0.717, 1.165) is 72.9 Å². The van der Waals surface area contributed by atoms with E-state index in [0.29, 0.717) is 23.8 Å². The van der Waals surface area contributed by atoms with Crippen LogP contribution in [0.4, 0.5) is 24.8 Å². The van der Waals surface area contributed by atoms with E-state index in [4.69, 9.17) is 9.72 Å². The maximum absolute atomic E-state index is 13.0. The Bertz CT molecular complexity index is 1540. The van der Waals surface area contributed by atoms with E-state index in [9.17, 15) is 18.0 Å². The molecule has 1 saturated heterocycles. The predicted octanol–water partition coefficient (Wildman–Crippen LogP) is 4.72. The van der Waals surface area contributed by atoms with E-state index in [1.54, 1.807) is 18.3 Å². The maximum Gasteiger partial charge on any atom is 0.433 e. The number of halogens is 3. The van der Waals surface area contributed by atoms with Crippen molar-refractivity contribution in [2.24, 2.45) is 0 Å². The van der Waals surface area contributed by atoms with Crippen molar-refractivity contribution in [2.45, 2.75) is 20.0 Å². The first-order valence-corrected chi connectivity index (χ1v) is 12.8. The van der Waals surface area contributed by atoms with Crippen molar-refractivity contribution in [1.29, 1.82) is 0 Å². The number of nitrogens with zero attached hydrogens (tertiary/aromatic N) is 5. The molecule has 0 atom stereocenters. The minimum absolute atomic E-state index is 0.139. The van der Waals surface area contributed by atoms with E-state index < -0.39 is 17.8 Å². The molecule has 9 nitrogen and oxygen atoms in total. The molecule has 0 bridgehead atoms. The summed E-state index contributed by atoms with van der Waals surface area (Å²) in [7, 11) is 0. The fraction of sp³-hybridized carbons (Fsp3) is 0.321. The highest BCUT2D eigenvalue weighted by molar-refractivity contribution is 6.04. The van der Waals surface area contributed by atoms with E-state index >= 15 is 0 Å². The van der Waals surface area contributed by atoms with Crippen LogP contribution in [-0.4, -0.2) is 70.1 Å². The topological polar surface area (TPSA) is 105 Å². The van der Waals surface area contributed by atoms with Crippen molar-refractivity contribution < 1.29 is 22.7 Å². The summed E-state index contributed by atoms with van der Waals surface area (Å²) in [6.07, 6.45) is -1.95. The molecule has 4 aromatic rings. The Morgan fingerprint density at radius 1 is 1.02 bits per heavy atom. The standard InChI is InChI=1S/C28H28F3N7O2/c1-17-3-4-21(36-26(39)19-5-6-32-24(14-19)28(29,30)31)15-22(17)23-13-20-16-34-27(37-25(20)35-18(23)2)33-7-8-38-9-11-40-12-10-38/h3-6,13-16H,7-12H2,1-2H3,(H,36,39)(H,33,34,35,37). The van der Waals surface area contributed by atoms with Gasteiger partial charge in [0, 0.05) is 66.5 Å². The SMILES string of the molecule is Cc1ccc(NC(=O)c2ccnc(C(F)(F)F)c2)cc1-c1cc2cnc(NCCN3CCOCC3)nc2nc1C. The molecular weight excluding hydrogens is 523 g/mol. The molecule has 12 heteroatoms. The number of benzene rings is 1. The van der Waals surface area contributed by atoms with E-state index in [2.05, 4.69) is 30.5 Å². The van der Waals surface area contributed by atoms with Crippen LogP contribution in [0.15, 0.2) is 48.8 Å². The van der Waals surface area contributed by atoms with Gasteiger partial charge in [0.25, 0.3) is 5.91 Å². The van der Waals surface area contributed by atoms with Crippen molar-refractivity contribution >= 4 is 28.6 Å². The van der Waals surface area contributed by atoms with Crippen molar-refractivity contribution in [1.82, 2.24) is 24.8 Å². The Morgan fingerprint density at radius 3 is 2.60 bits per heavy atom. The van der Waals surface area contributed by atoms with Crippen LogP contribution in [0.5, 0.6) is 0 Å². The van der Waals surface area contributed by atoms with Gasteiger partial charge in [-0.3, -0.25) is 14.7 Å². The van der Waals surface area contributed by atoms with Crippen molar-refractivity contribution in [2.75, 3.05) is 50.0 Å². The number of pyridine rings is 2. The van der Waals surface area contributed by atoms with Crippen molar-refractivity contribution in [3.8, 4) is 11.1 Å². The third-order valence-corrected chi connectivity index (χ3v) is 6.67. The van der Waals surface area contributed by atoms with Gasteiger partial charge in [-0.25, -0.2) is 9.97 Å². The lowest BCUT2D eigenvalue weighted by atomic mass is 9.98. The smallest absolute Gasteiger partial charge is 0.379 e. The van der Waals surface area contributed by atoms with Crippen molar-refractivity contribution in [3.63, 3.8) is 0 Å². The molecule has 0 spiro atoms. The normalized spacial score (nSPS) is 14.3. The van der Waals surface area contributed by atoms with Crippen LogP contribution in [0.25, 0.3) is 22.2 Å². The average molecular weight is 552 g/mol. The third kappa shape index (κ3) is 6.35.